The van der Waals surface area contributed by atoms with E-state index in [1.165, 1.54) is 38.0 Å². The summed E-state index contributed by atoms with van der Waals surface area (Å²) in [6.45, 7) is 1.49. The zero-order valence-corrected chi connectivity index (χ0v) is 8.82. The summed E-state index contributed by atoms with van der Waals surface area (Å²) in [5.74, 6) is -1.00. The smallest absolute Gasteiger partial charge is 0.335 e. The van der Waals surface area contributed by atoms with E-state index in [9.17, 15) is 9.36 Å². The first-order valence-corrected chi connectivity index (χ1v) is 6.02. The Balaban J connectivity index is 3.06. The Hall–Kier alpha value is -1.12. The standard InChI is InChI=1S/C9H11O4P/c1-13-14(2,12)8-5-3-7(4-6-8)9(10)11/h3-6H,1-2H3,(H,10,11). The highest BCUT2D eigenvalue weighted by Gasteiger charge is 2.17. The van der Waals surface area contributed by atoms with E-state index in [1.807, 2.05) is 0 Å². The topological polar surface area (TPSA) is 63.6 Å². The monoisotopic (exact) mass is 214 g/mol. The van der Waals surface area contributed by atoms with E-state index in [1.54, 1.807) is 0 Å². The molecule has 1 aromatic rings. The first kappa shape index (κ1) is 11.0. The highest BCUT2D eigenvalue weighted by atomic mass is 31.2. The lowest BCUT2D eigenvalue weighted by atomic mass is 10.2. The summed E-state index contributed by atoms with van der Waals surface area (Å²) in [6.07, 6.45) is 0. The molecule has 1 unspecified atom stereocenters. The van der Waals surface area contributed by atoms with Crippen LogP contribution in [0.1, 0.15) is 10.4 Å². The van der Waals surface area contributed by atoms with Crippen molar-refractivity contribution in [2.75, 3.05) is 13.8 Å². The third-order valence-corrected chi connectivity index (χ3v) is 3.86. The molecule has 0 aliphatic carbocycles. The molecule has 0 fully saturated rings. The maximum absolute atomic E-state index is 11.7. The van der Waals surface area contributed by atoms with Crippen LogP contribution in [0.15, 0.2) is 24.3 Å². The molecule has 0 radical (unpaired) electrons. The quantitative estimate of drug-likeness (QED) is 0.775. The van der Waals surface area contributed by atoms with Gasteiger partial charge in [0.05, 0.1) is 5.56 Å². The molecule has 1 N–H and O–H groups in total. The molecule has 1 rings (SSSR count). The van der Waals surface area contributed by atoms with Crippen molar-refractivity contribution in [2.45, 2.75) is 0 Å². The Kier molecular flexibility index (Phi) is 3.09. The van der Waals surface area contributed by atoms with Crippen molar-refractivity contribution in [1.82, 2.24) is 0 Å². The SMILES string of the molecule is COP(C)(=O)c1ccc(C(=O)O)cc1. The second kappa shape index (κ2) is 3.95. The van der Waals surface area contributed by atoms with E-state index in [2.05, 4.69) is 0 Å². The van der Waals surface area contributed by atoms with Gasteiger partial charge in [-0.15, -0.1) is 0 Å². The highest BCUT2D eigenvalue weighted by molar-refractivity contribution is 7.66. The van der Waals surface area contributed by atoms with E-state index < -0.39 is 13.3 Å². The fourth-order valence-electron chi connectivity index (χ4n) is 0.980. The Morgan fingerprint density at radius 2 is 1.86 bits per heavy atom. The van der Waals surface area contributed by atoms with Gasteiger partial charge in [-0.2, -0.15) is 0 Å². The molecule has 1 aromatic carbocycles. The van der Waals surface area contributed by atoms with Crippen molar-refractivity contribution in [2.24, 2.45) is 0 Å². The Morgan fingerprint density at radius 1 is 1.36 bits per heavy atom. The normalized spacial score (nSPS) is 14.7. The maximum atomic E-state index is 11.7. The molecule has 0 aromatic heterocycles. The van der Waals surface area contributed by atoms with Crippen LogP contribution in [0, 0.1) is 0 Å². The molecule has 0 amide bonds. The van der Waals surface area contributed by atoms with E-state index in [0.717, 1.165) is 0 Å². The average molecular weight is 214 g/mol. The van der Waals surface area contributed by atoms with Gasteiger partial charge in [-0.3, -0.25) is 4.57 Å². The van der Waals surface area contributed by atoms with Crippen molar-refractivity contribution in [3.05, 3.63) is 29.8 Å². The molecule has 5 heteroatoms. The van der Waals surface area contributed by atoms with Gasteiger partial charge < -0.3 is 9.63 Å². The van der Waals surface area contributed by atoms with Crippen molar-refractivity contribution in [1.29, 1.82) is 0 Å². The van der Waals surface area contributed by atoms with Crippen LogP contribution in [-0.2, 0) is 9.09 Å². The lowest BCUT2D eigenvalue weighted by Gasteiger charge is -2.10. The lowest BCUT2D eigenvalue weighted by molar-refractivity contribution is 0.0697. The number of hydrogen-bond acceptors (Lipinski definition) is 3. The minimum Gasteiger partial charge on any atom is -0.478 e. The largest absolute Gasteiger partial charge is 0.478 e. The average Bonchev–Trinajstić information content (AvgIpc) is 2.18. The molecule has 0 saturated carbocycles. The number of benzene rings is 1. The molecule has 0 spiro atoms. The van der Waals surface area contributed by atoms with Crippen LogP contribution < -0.4 is 5.30 Å². The lowest BCUT2D eigenvalue weighted by Crippen LogP contribution is -2.06. The summed E-state index contributed by atoms with van der Waals surface area (Å²) in [6, 6.07) is 5.83. The van der Waals surface area contributed by atoms with Gasteiger partial charge in [0.1, 0.15) is 0 Å². The van der Waals surface area contributed by atoms with Crippen LogP contribution in [0.4, 0.5) is 0 Å². The van der Waals surface area contributed by atoms with Gasteiger partial charge in [0.15, 0.2) is 0 Å². The Morgan fingerprint density at radius 3 is 2.21 bits per heavy atom. The third kappa shape index (κ3) is 2.22. The number of carbonyl (C=O) groups is 1. The number of rotatable bonds is 3. The van der Waals surface area contributed by atoms with Gasteiger partial charge in [-0.1, -0.05) is 0 Å². The van der Waals surface area contributed by atoms with Gasteiger partial charge in [-0.25, -0.2) is 4.79 Å². The second-order valence-electron chi connectivity index (χ2n) is 2.88. The number of aromatic carboxylic acids is 1. The van der Waals surface area contributed by atoms with Gasteiger partial charge in [0, 0.05) is 19.1 Å². The first-order valence-electron chi connectivity index (χ1n) is 3.94. The number of carboxylic acid groups (broad SMARTS) is 1. The van der Waals surface area contributed by atoms with Crippen LogP contribution in [0.5, 0.6) is 0 Å². The molecule has 1 atom stereocenters. The Labute approximate surface area is 82.0 Å². The summed E-state index contributed by atoms with van der Waals surface area (Å²) in [4.78, 5) is 10.5. The summed E-state index contributed by atoms with van der Waals surface area (Å²) in [7, 11) is -1.40. The fourth-order valence-corrected chi connectivity index (χ4v) is 1.88. The predicted octanol–water partition coefficient (Wildman–Crippen LogP) is 1.56. The van der Waals surface area contributed by atoms with E-state index in [-0.39, 0.29) is 5.56 Å². The van der Waals surface area contributed by atoms with Crippen LogP contribution in [0.3, 0.4) is 0 Å². The molecule has 0 aliphatic heterocycles. The van der Waals surface area contributed by atoms with Crippen LogP contribution >= 0.6 is 7.37 Å². The molecular weight excluding hydrogens is 203 g/mol. The molecule has 0 bridgehead atoms. The number of carboxylic acids is 1. The zero-order chi connectivity index (χ0) is 10.8. The molecule has 0 saturated heterocycles. The number of hydrogen-bond donors (Lipinski definition) is 1. The summed E-state index contributed by atoms with van der Waals surface area (Å²) < 4.78 is 16.5. The van der Waals surface area contributed by atoms with Crippen molar-refractivity contribution in [3.63, 3.8) is 0 Å². The van der Waals surface area contributed by atoms with Crippen LogP contribution in [0.2, 0.25) is 0 Å². The summed E-state index contributed by atoms with van der Waals surface area (Å²) >= 11 is 0. The highest BCUT2D eigenvalue weighted by Crippen LogP contribution is 2.39. The molecule has 14 heavy (non-hydrogen) atoms. The minimum atomic E-state index is -2.77. The predicted molar refractivity (Wildman–Crippen MR) is 53.6 cm³/mol. The summed E-state index contributed by atoms with van der Waals surface area (Å²) in [5, 5.41) is 9.15. The first-order chi connectivity index (χ1) is 6.47. The van der Waals surface area contributed by atoms with Gasteiger partial charge in [0.2, 0.25) is 7.37 Å². The molecular formula is C9H11O4P. The fraction of sp³-hybridized carbons (Fsp3) is 0.222. The van der Waals surface area contributed by atoms with E-state index in [0.29, 0.717) is 5.30 Å². The van der Waals surface area contributed by atoms with E-state index in [4.69, 9.17) is 9.63 Å². The van der Waals surface area contributed by atoms with Crippen LogP contribution in [0.25, 0.3) is 0 Å². The maximum Gasteiger partial charge on any atom is 0.335 e. The minimum absolute atomic E-state index is 0.171. The second-order valence-corrected chi connectivity index (χ2v) is 5.45. The summed E-state index contributed by atoms with van der Waals surface area (Å²) in [5.41, 5.74) is 0.171. The molecule has 4 nitrogen and oxygen atoms in total. The van der Waals surface area contributed by atoms with Crippen molar-refractivity contribution >= 4 is 18.6 Å². The van der Waals surface area contributed by atoms with Gasteiger partial charge >= 0.3 is 5.97 Å². The molecule has 76 valence electrons. The van der Waals surface area contributed by atoms with Gasteiger partial charge in [-0.05, 0) is 24.3 Å². The molecule has 0 heterocycles. The van der Waals surface area contributed by atoms with Gasteiger partial charge in [0.25, 0.3) is 0 Å². The van der Waals surface area contributed by atoms with Crippen LogP contribution in [-0.4, -0.2) is 24.9 Å². The van der Waals surface area contributed by atoms with E-state index >= 15 is 0 Å². The van der Waals surface area contributed by atoms with Crippen molar-refractivity contribution < 1.29 is 19.0 Å². The Bertz CT molecular complexity index is 382. The van der Waals surface area contributed by atoms with Crippen molar-refractivity contribution in [3.8, 4) is 0 Å². The zero-order valence-electron chi connectivity index (χ0n) is 7.93. The molecule has 0 aliphatic rings. The third-order valence-electron chi connectivity index (χ3n) is 1.93.